The Morgan fingerprint density at radius 3 is 2.94 bits per heavy atom. The molecule has 2 fully saturated rings. The van der Waals surface area contributed by atoms with E-state index in [4.69, 9.17) is 4.74 Å². The maximum Gasteiger partial charge on any atom is 0.336 e. The molecule has 1 aliphatic heterocycles. The minimum absolute atomic E-state index is 0.0723. The number of hydrogen-bond donors (Lipinski definition) is 2. The first-order chi connectivity index (χ1) is 7.51. The summed E-state index contributed by atoms with van der Waals surface area (Å²) in [6.45, 7) is 7.13. The van der Waals surface area contributed by atoms with Gasteiger partial charge in [0, 0.05) is 5.92 Å². The molecule has 0 amide bonds. The number of ether oxygens (including phenoxy) is 1. The zero-order chi connectivity index (χ0) is 11.9. The zero-order valence-electron chi connectivity index (χ0n) is 9.06. The molecule has 1 aliphatic carbocycles. The Morgan fingerprint density at radius 2 is 2.31 bits per heavy atom. The Labute approximate surface area is 94.2 Å². The van der Waals surface area contributed by atoms with Crippen LogP contribution in [-0.4, -0.2) is 34.0 Å². The topological polar surface area (TPSA) is 66.8 Å². The molecule has 2 N–H and O–H groups in total. The van der Waals surface area contributed by atoms with Crippen molar-refractivity contribution in [3.8, 4) is 0 Å². The summed E-state index contributed by atoms with van der Waals surface area (Å²) in [6, 6.07) is 0. The number of hydrogen-bond acceptors (Lipinski definition) is 4. The van der Waals surface area contributed by atoms with Crippen molar-refractivity contribution >= 4 is 5.97 Å². The number of fused-ring (bicyclic) bond motifs is 1. The molecule has 0 aromatic rings. The predicted octanol–water partition coefficient (Wildman–Crippen LogP) is 0.546. The maximum atomic E-state index is 11.3. The molecule has 0 aromatic heterocycles. The molecule has 2 aliphatic rings. The average molecular weight is 224 g/mol. The van der Waals surface area contributed by atoms with E-state index in [-0.39, 0.29) is 5.57 Å². The molecule has 4 heteroatoms. The Hall–Kier alpha value is -1.13. The van der Waals surface area contributed by atoms with E-state index in [2.05, 4.69) is 13.2 Å². The molecular formula is C12H16O4. The highest BCUT2D eigenvalue weighted by atomic mass is 16.6. The number of carbonyl (C=O) groups excluding carboxylic acids is 1. The molecule has 0 spiro atoms. The number of esters is 1. The summed E-state index contributed by atoms with van der Waals surface area (Å²) in [4.78, 5) is 11.3. The van der Waals surface area contributed by atoms with Gasteiger partial charge in [0.15, 0.2) is 0 Å². The van der Waals surface area contributed by atoms with Gasteiger partial charge in [-0.15, -0.1) is 6.58 Å². The predicted molar refractivity (Wildman–Crippen MR) is 57.5 cm³/mol. The Kier molecular flexibility index (Phi) is 2.64. The molecule has 1 saturated heterocycles. The largest absolute Gasteiger partial charge is 0.455 e. The third kappa shape index (κ3) is 1.33. The SMILES string of the molecule is C=CC[C@H](O)[C@H]1CC[C@H]2OC(=O)C(=C)[C@@]12O. The third-order valence-corrected chi connectivity index (χ3v) is 3.65. The molecule has 1 heterocycles. The summed E-state index contributed by atoms with van der Waals surface area (Å²) in [5.74, 6) is -0.947. The minimum atomic E-state index is -1.39. The van der Waals surface area contributed by atoms with Crippen molar-refractivity contribution in [2.45, 2.75) is 37.1 Å². The van der Waals surface area contributed by atoms with Gasteiger partial charge in [0.05, 0.1) is 11.7 Å². The number of rotatable bonds is 3. The van der Waals surface area contributed by atoms with Crippen LogP contribution in [0, 0.1) is 5.92 Å². The van der Waals surface area contributed by atoms with Gasteiger partial charge >= 0.3 is 5.97 Å². The summed E-state index contributed by atoms with van der Waals surface area (Å²) in [7, 11) is 0. The summed E-state index contributed by atoms with van der Waals surface area (Å²) >= 11 is 0. The van der Waals surface area contributed by atoms with Crippen LogP contribution in [0.3, 0.4) is 0 Å². The van der Waals surface area contributed by atoms with E-state index in [1.807, 2.05) is 0 Å². The Morgan fingerprint density at radius 1 is 1.62 bits per heavy atom. The van der Waals surface area contributed by atoms with Crippen molar-refractivity contribution in [2.75, 3.05) is 0 Å². The molecule has 88 valence electrons. The minimum Gasteiger partial charge on any atom is -0.455 e. The van der Waals surface area contributed by atoms with Gasteiger partial charge in [-0.3, -0.25) is 0 Å². The quantitative estimate of drug-likeness (QED) is 0.417. The lowest BCUT2D eigenvalue weighted by atomic mass is 9.80. The molecular weight excluding hydrogens is 208 g/mol. The molecule has 2 rings (SSSR count). The van der Waals surface area contributed by atoms with Crippen LogP contribution in [0.1, 0.15) is 19.3 Å². The number of carbonyl (C=O) groups is 1. The van der Waals surface area contributed by atoms with Crippen LogP contribution >= 0.6 is 0 Å². The lowest BCUT2D eigenvalue weighted by Crippen LogP contribution is -2.45. The van der Waals surface area contributed by atoms with Crippen LogP contribution < -0.4 is 0 Å². The number of aliphatic hydroxyl groups is 2. The van der Waals surface area contributed by atoms with Crippen LogP contribution in [-0.2, 0) is 9.53 Å². The van der Waals surface area contributed by atoms with Crippen LogP contribution in [0.25, 0.3) is 0 Å². The lowest BCUT2D eigenvalue weighted by molar-refractivity contribution is -0.140. The number of aliphatic hydroxyl groups excluding tert-OH is 1. The van der Waals surface area contributed by atoms with Crippen LogP contribution in [0.5, 0.6) is 0 Å². The summed E-state index contributed by atoms with van der Waals surface area (Å²) in [5, 5.41) is 20.4. The second-order valence-electron chi connectivity index (χ2n) is 4.47. The van der Waals surface area contributed by atoms with E-state index in [1.54, 1.807) is 6.08 Å². The average Bonchev–Trinajstić information content (AvgIpc) is 2.65. The third-order valence-electron chi connectivity index (χ3n) is 3.65. The maximum absolute atomic E-state index is 11.3. The van der Waals surface area contributed by atoms with Gasteiger partial charge in [0.25, 0.3) is 0 Å². The molecule has 4 nitrogen and oxygen atoms in total. The van der Waals surface area contributed by atoms with Crippen molar-refractivity contribution in [3.05, 3.63) is 24.8 Å². The van der Waals surface area contributed by atoms with Crippen molar-refractivity contribution in [2.24, 2.45) is 5.92 Å². The first-order valence-corrected chi connectivity index (χ1v) is 5.43. The standard InChI is InChI=1S/C12H16O4/c1-3-4-9(13)8-5-6-10-12(8,15)7(2)11(14)16-10/h3,8-10,13,15H,1-2,4-6H2/t8-,9+,10-,12-/m1/s1. The first-order valence-electron chi connectivity index (χ1n) is 5.43. The summed E-state index contributed by atoms with van der Waals surface area (Å²) in [6.07, 6.45) is 1.93. The van der Waals surface area contributed by atoms with E-state index < -0.39 is 29.7 Å². The highest BCUT2D eigenvalue weighted by Gasteiger charge is 2.61. The first kappa shape index (κ1) is 11.4. The van der Waals surface area contributed by atoms with Crippen LogP contribution in [0.4, 0.5) is 0 Å². The van der Waals surface area contributed by atoms with Crippen molar-refractivity contribution in [3.63, 3.8) is 0 Å². The Bertz CT molecular complexity index is 349. The fourth-order valence-electron chi connectivity index (χ4n) is 2.76. The van der Waals surface area contributed by atoms with Crippen LogP contribution in [0.2, 0.25) is 0 Å². The molecule has 0 aromatic carbocycles. The van der Waals surface area contributed by atoms with Crippen molar-refractivity contribution in [1.29, 1.82) is 0 Å². The van der Waals surface area contributed by atoms with E-state index in [0.29, 0.717) is 19.3 Å². The van der Waals surface area contributed by atoms with E-state index in [1.165, 1.54) is 0 Å². The van der Waals surface area contributed by atoms with Gasteiger partial charge in [-0.2, -0.15) is 0 Å². The molecule has 0 bridgehead atoms. The van der Waals surface area contributed by atoms with Crippen molar-refractivity contribution in [1.82, 2.24) is 0 Å². The highest BCUT2D eigenvalue weighted by Crippen LogP contribution is 2.48. The second-order valence-corrected chi connectivity index (χ2v) is 4.47. The van der Waals surface area contributed by atoms with E-state index in [0.717, 1.165) is 0 Å². The monoisotopic (exact) mass is 224 g/mol. The summed E-state index contributed by atoms with van der Waals surface area (Å²) < 4.78 is 5.03. The fourth-order valence-corrected chi connectivity index (χ4v) is 2.76. The zero-order valence-corrected chi connectivity index (χ0v) is 9.06. The fraction of sp³-hybridized carbons (Fsp3) is 0.583. The molecule has 0 radical (unpaired) electrons. The van der Waals surface area contributed by atoms with Gasteiger partial charge in [0.2, 0.25) is 0 Å². The van der Waals surface area contributed by atoms with Crippen molar-refractivity contribution < 1.29 is 19.7 Å². The van der Waals surface area contributed by atoms with Gasteiger partial charge in [-0.25, -0.2) is 4.79 Å². The lowest BCUT2D eigenvalue weighted by Gasteiger charge is -2.30. The van der Waals surface area contributed by atoms with E-state index in [9.17, 15) is 15.0 Å². The molecule has 16 heavy (non-hydrogen) atoms. The van der Waals surface area contributed by atoms with Gasteiger partial charge in [-0.05, 0) is 19.3 Å². The smallest absolute Gasteiger partial charge is 0.336 e. The van der Waals surface area contributed by atoms with Crippen LogP contribution in [0.15, 0.2) is 24.8 Å². The highest BCUT2D eigenvalue weighted by molar-refractivity contribution is 5.93. The summed E-state index contributed by atoms with van der Waals surface area (Å²) in [5.41, 5.74) is -1.32. The normalized spacial score (nSPS) is 39.4. The molecule has 4 atom stereocenters. The Balaban J connectivity index is 2.27. The molecule has 0 unspecified atom stereocenters. The van der Waals surface area contributed by atoms with Gasteiger partial charge < -0.3 is 14.9 Å². The van der Waals surface area contributed by atoms with E-state index >= 15 is 0 Å². The second kappa shape index (κ2) is 3.71. The van der Waals surface area contributed by atoms with Gasteiger partial charge in [-0.1, -0.05) is 12.7 Å². The van der Waals surface area contributed by atoms with Gasteiger partial charge in [0.1, 0.15) is 11.7 Å². The molecule has 1 saturated carbocycles.